The molecule has 0 saturated carbocycles. The summed E-state index contributed by atoms with van der Waals surface area (Å²) >= 11 is 0. The Morgan fingerprint density at radius 3 is 2.75 bits per heavy atom. The Labute approximate surface area is 162 Å². The number of nitrogens with zero attached hydrogens (tertiary/aromatic N) is 1. The second-order valence-corrected chi connectivity index (χ2v) is 5.89. The summed E-state index contributed by atoms with van der Waals surface area (Å²) in [6, 6.07) is 6.70. The zero-order valence-electron chi connectivity index (χ0n) is 15.0. The Bertz CT molecular complexity index is 469. The number of guanidine groups is 1. The average molecular weight is 451 g/mol. The number of aliphatic imine (C=N–C) groups is 1. The molecule has 1 rings (SSSR count). The Kier molecular flexibility index (Phi) is 13.9. The van der Waals surface area contributed by atoms with Gasteiger partial charge in [-0.15, -0.1) is 24.0 Å². The highest BCUT2D eigenvalue weighted by molar-refractivity contribution is 14.0. The Morgan fingerprint density at radius 2 is 2.08 bits per heavy atom. The summed E-state index contributed by atoms with van der Waals surface area (Å²) in [4.78, 5) is 4.52. The molecule has 1 aromatic carbocycles. The molecule has 1 aromatic rings. The highest BCUT2D eigenvalue weighted by atomic mass is 127. The maximum Gasteiger partial charge on any atom is 0.191 e. The van der Waals surface area contributed by atoms with Crippen molar-refractivity contribution in [2.75, 3.05) is 32.8 Å². The molecule has 0 amide bonds. The summed E-state index contributed by atoms with van der Waals surface area (Å²) in [6.45, 7) is 10.1. The first-order chi connectivity index (χ1) is 11.1. The molecule has 2 N–H and O–H groups in total. The van der Waals surface area contributed by atoms with Gasteiger partial charge in [0.05, 0.1) is 0 Å². The van der Waals surface area contributed by atoms with Crippen LogP contribution in [0, 0.1) is 11.7 Å². The first-order valence-electron chi connectivity index (χ1n) is 8.46. The van der Waals surface area contributed by atoms with E-state index in [9.17, 15) is 4.39 Å². The van der Waals surface area contributed by atoms with Gasteiger partial charge in [0.2, 0.25) is 0 Å². The van der Waals surface area contributed by atoms with Gasteiger partial charge in [0.25, 0.3) is 0 Å². The molecule has 0 aromatic heterocycles. The van der Waals surface area contributed by atoms with Gasteiger partial charge in [-0.1, -0.05) is 26.0 Å². The first kappa shape index (κ1) is 23.1. The fourth-order valence-corrected chi connectivity index (χ4v) is 2.04. The number of hydrogen-bond donors (Lipinski definition) is 2. The third kappa shape index (κ3) is 11.6. The molecule has 0 heterocycles. The van der Waals surface area contributed by atoms with Crippen LogP contribution in [-0.4, -0.2) is 38.8 Å². The molecule has 0 spiro atoms. The molecule has 0 bridgehead atoms. The SMILES string of the molecule is CCNC(=NCCCOCC(C)C)NCCc1cccc(F)c1.I. The van der Waals surface area contributed by atoms with Crippen molar-refractivity contribution >= 4 is 29.9 Å². The van der Waals surface area contributed by atoms with Crippen LogP contribution in [-0.2, 0) is 11.2 Å². The van der Waals surface area contributed by atoms with E-state index in [2.05, 4.69) is 29.5 Å². The maximum absolute atomic E-state index is 13.1. The van der Waals surface area contributed by atoms with Gasteiger partial charge in [0.1, 0.15) is 5.82 Å². The normalized spacial score (nSPS) is 11.3. The van der Waals surface area contributed by atoms with Crippen LogP contribution in [0.3, 0.4) is 0 Å². The third-order valence-corrected chi connectivity index (χ3v) is 3.11. The number of rotatable bonds is 10. The fourth-order valence-electron chi connectivity index (χ4n) is 2.04. The molecule has 4 nitrogen and oxygen atoms in total. The van der Waals surface area contributed by atoms with Gasteiger partial charge in [-0.25, -0.2) is 4.39 Å². The maximum atomic E-state index is 13.1. The highest BCUT2D eigenvalue weighted by Gasteiger charge is 1.99. The minimum absolute atomic E-state index is 0. The topological polar surface area (TPSA) is 45.7 Å². The molecule has 0 aliphatic carbocycles. The third-order valence-electron chi connectivity index (χ3n) is 3.11. The number of benzene rings is 1. The molecule has 0 unspecified atom stereocenters. The first-order valence-corrected chi connectivity index (χ1v) is 8.46. The molecule has 0 atom stereocenters. The van der Waals surface area contributed by atoms with E-state index >= 15 is 0 Å². The lowest BCUT2D eigenvalue weighted by molar-refractivity contribution is 0.109. The van der Waals surface area contributed by atoms with Crippen molar-refractivity contribution < 1.29 is 9.13 Å². The molecule has 6 heteroatoms. The molecule has 0 fully saturated rings. The zero-order valence-corrected chi connectivity index (χ0v) is 17.3. The number of ether oxygens (including phenoxy) is 1. The summed E-state index contributed by atoms with van der Waals surface area (Å²) in [6.07, 6.45) is 1.67. The van der Waals surface area contributed by atoms with E-state index in [1.807, 2.05) is 13.0 Å². The lowest BCUT2D eigenvalue weighted by Crippen LogP contribution is -2.38. The van der Waals surface area contributed by atoms with Crippen LogP contribution < -0.4 is 10.6 Å². The molecule has 0 aliphatic heterocycles. The molecule has 0 saturated heterocycles. The van der Waals surface area contributed by atoms with E-state index in [0.29, 0.717) is 5.92 Å². The monoisotopic (exact) mass is 451 g/mol. The summed E-state index contributed by atoms with van der Waals surface area (Å²) in [5.74, 6) is 1.18. The summed E-state index contributed by atoms with van der Waals surface area (Å²) in [7, 11) is 0. The molecule has 0 radical (unpaired) electrons. The van der Waals surface area contributed by atoms with E-state index in [1.165, 1.54) is 6.07 Å². The van der Waals surface area contributed by atoms with Crippen LogP contribution in [0.5, 0.6) is 0 Å². The summed E-state index contributed by atoms with van der Waals surface area (Å²) in [5, 5.41) is 6.49. The van der Waals surface area contributed by atoms with Gasteiger partial charge in [0, 0.05) is 32.8 Å². The van der Waals surface area contributed by atoms with Gasteiger partial charge in [-0.2, -0.15) is 0 Å². The van der Waals surface area contributed by atoms with Crippen molar-refractivity contribution in [2.24, 2.45) is 10.9 Å². The van der Waals surface area contributed by atoms with Crippen LogP contribution >= 0.6 is 24.0 Å². The number of halogens is 2. The quantitative estimate of drug-likeness (QED) is 0.247. The van der Waals surface area contributed by atoms with Crippen LogP contribution in [0.1, 0.15) is 32.8 Å². The molecule has 0 aliphatic rings. The van der Waals surface area contributed by atoms with E-state index in [-0.39, 0.29) is 29.8 Å². The molecular formula is C18H31FIN3O. The van der Waals surface area contributed by atoms with Crippen molar-refractivity contribution in [1.29, 1.82) is 0 Å². The Balaban J connectivity index is 0.00000529. The van der Waals surface area contributed by atoms with Gasteiger partial charge < -0.3 is 15.4 Å². The Hall–Kier alpha value is -0.890. The lowest BCUT2D eigenvalue weighted by atomic mass is 10.1. The molecular weight excluding hydrogens is 420 g/mol. The summed E-state index contributed by atoms with van der Waals surface area (Å²) in [5.41, 5.74) is 0.982. The molecule has 138 valence electrons. The standard InChI is InChI=1S/C18H30FN3O.HI/c1-4-20-18(21-10-6-12-23-14-15(2)3)22-11-9-16-7-5-8-17(19)13-16;/h5,7-8,13,15H,4,6,9-12,14H2,1-3H3,(H2,20,21,22);1H. The van der Waals surface area contributed by atoms with E-state index < -0.39 is 0 Å². The molecule has 24 heavy (non-hydrogen) atoms. The van der Waals surface area contributed by atoms with Crippen LogP contribution in [0.4, 0.5) is 4.39 Å². The van der Waals surface area contributed by atoms with Gasteiger partial charge in [-0.3, -0.25) is 4.99 Å². The fraction of sp³-hybridized carbons (Fsp3) is 0.611. The van der Waals surface area contributed by atoms with Gasteiger partial charge in [-0.05, 0) is 43.4 Å². The lowest BCUT2D eigenvalue weighted by Gasteiger charge is -2.11. The summed E-state index contributed by atoms with van der Waals surface area (Å²) < 4.78 is 18.7. The van der Waals surface area contributed by atoms with Gasteiger partial charge in [0.15, 0.2) is 5.96 Å². The predicted molar refractivity (Wildman–Crippen MR) is 110 cm³/mol. The Morgan fingerprint density at radius 1 is 1.29 bits per heavy atom. The van der Waals surface area contributed by atoms with E-state index in [0.717, 1.165) is 57.2 Å². The van der Waals surface area contributed by atoms with Crippen molar-refractivity contribution in [1.82, 2.24) is 10.6 Å². The van der Waals surface area contributed by atoms with Crippen LogP contribution in [0.2, 0.25) is 0 Å². The minimum atomic E-state index is -0.190. The zero-order chi connectivity index (χ0) is 16.9. The minimum Gasteiger partial charge on any atom is -0.381 e. The highest BCUT2D eigenvalue weighted by Crippen LogP contribution is 2.03. The van der Waals surface area contributed by atoms with Crippen molar-refractivity contribution in [3.63, 3.8) is 0 Å². The second-order valence-electron chi connectivity index (χ2n) is 5.89. The van der Waals surface area contributed by atoms with E-state index in [1.54, 1.807) is 12.1 Å². The largest absolute Gasteiger partial charge is 0.381 e. The van der Waals surface area contributed by atoms with Crippen LogP contribution in [0.15, 0.2) is 29.3 Å². The average Bonchev–Trinajstić information content (AvgIpc) is 2.50. The van der Waals surface area contributed by atoms with Crippen molar-refractivity contribution in [3.8, 4) is 0 Å². The number of nitrogens with one attached hydrogen (secondary N) is 2. The van der Waals surface area contributed by atoms with Gasteiger partial charge >= 0.3 is 0 Å². The van der Waals surface area contributed by atoms with Crippen molar-refractivity contribution in [2.45, 2.75) is 33.6 Å². The smallest absolute Gasteiger partial charge is 0.191 e. The van der Waals surface area contributed by atoms with Crippen molar-refractivity contribution in [3.05, 3.63) is 35.6 Å². The van der Waals surface area contributed by atoms with E-state index in [4.69, 9.17) is 4.74 Å². The number of hydrogen-bond acceptors (Lipinski definition) is 2. The van der Waals surface area contributed by atoms with Crippen LogP contribution in [0.25, 0.3) is 0 Å². The predicted octanol–water partition coefficient (Wildman–Crippen LogP) is 3.60. The second kappa shape index (κ2) is 14.5.